The maximum atomic E-state index is 13.0. The van der Waals surface area contributed by atoms with Crippen LogP contribution in [0.3, 0.4) is 0 Å². The average molecular weight is 409 g/mol. The van der Waals surface area contributed by atoms with Crippen LogP contribution in [-0.4, -0.2) is 41.3 Å². The Morgan fingerprint density at radius 1 is 1.27 bits per heavy atom. The van der Waals surface area contributed by atoms with Crippen LogP contribution in [0.4, 0.5) is 11.4 Å². The van der Waals surface area contributed by atoms with Gasteiger partial charge >= 0.3 is 0 Å². The van der Waals surface area contributed by atoms with Crippen molar-refractivity contribution >= 4 is 34.9 Å². The molecule has 4 N–H and O–H groups in total. The molecule has 0 spiro atoms. The zero-order valence-electron chi connectivity index (χ0n) is 17.6. The number of anilines is 2. The Balaban J connectivity index is 1.98. The van der Waals surface area contributed by atoms with Crippen LogP contribution in [-0.2, 0) is 11.2 Å². The smallest absolute Gasteiger partial charge is 0.218 e. The standard InChI is InChI=1S/C23H28N4O3/c1-15(9-10-24-14-25-16(2)29)21-22(26-17-7-5-4-6-8-17)20-18(27-21)11-23(3,13-28)12-19(20)30/h4-10,26-28H,11-14H2,1-3H3,(H,25,29)/b15-9+,24-10-. The first-order valence-corrected chi connectivity index (χ1v) is 9.95. The van der Waals surface area contributed by atoms with Crippen LogP contribution in [0.1, 0.15) is 48.9 Å². The van der Waals surface area contributed by atoms with Crippen molar-refractivity contribution < 1.29 is 14.7 Å². The Kier molecular flexibility index (Phi) is 6.52. The lowest BCUT2D eigenvalue weighted by Crippen LogP contribution is -2.32. The average Bonchev–Trinajstić information content (AvgIpc) is 3.06. The van der Waals surface area contributed by atoms with E-state index in [4.69, 9.17) is 0 Å². The van der Waals surface area contributed by atoms with Crippen molar-refractivity contribution in [3.63, 3.8) is 0 Å². The number of aromatic amines is 1. The number of H-pyrrole nitrogens is 1. The molecule has 0 radical (unpaired) electrons. The fourth-order valence-electron chi connectivity index (χ4n) is 3.61. The molecule has 0 fully saturated rings. The second-order valence-electron chi connectivity index (χ2n) is 8.04. The lowest BCUT2D eigenvalue weighted by atomic mass is 9.75. The molecule has 0 saturated heterocycles. The third-order valence-corrected chi connectivity index (χ3v) is 5.22. The van der Waals surface area contributed by atoms with Gasteiger partial charge in [0.05, 0.1) is 16.9 Å². The first kappa shape index (κ1) is 21.5. The van der Waals surface area contributed by atoms with Gasteiger partial charge in [0, 0.05) is 43.0 Å². The normalized spacial score (nSPS) is 19.1. The summed E-state index contributed by atoms with van der Waals surface area (Å²) < 4.78 is 0. The molecule has 1 amide bonds. The van der Waals surface area contributed by atoms with Crippen LogP contribution >= 0.6 is 0 Å². The highest BCUT2D eigenvalue weighted by Gasteiger charge is 2.38. The van der Waals surface area contributed by atoms with E-state index in [-0.39, 0.29) is 25.0 Å². The monoisotopic (exact) mass is 408 g/mol. The molecule has 0 saturated carbocycles. The first-order valence-electron chi connectivity index (χ1n) is 9.95. The summed E-state index contributed by atoms with van der Waals surface area (Å²) in [7, 11) is 0. The number of nitrogens with one attached hydrogen (secondary N) is 3. The predicted molar refractivity (Wildman–Crippen MR) is 119 cm³/mol. The molecule has 1 aromatic carbocycles. The van der Waals surface area contributed by atoms with Crippen LogP contribution in [0.25, 0.3) is 5.57 Å². The largest absolute Gasteiger partial charge is 0.396 e. The predicted octanol–water partition coefficient (Wildman–Crippen LogP) is 3.45. The van der Waals surface area contributed by atoms with E-state index in [1.165, 1.54) is 6.92 Å². The molecular formula is C23H28N4O3. The Bertz CT molecular complexity index is 991. The SMILES string of the molecule is CC(=O)NC/N=C\C=C(/C)c1[nH]c2c(c1Nc1ccccc1)C(=O)CC(C)(CO)C2. The van der Waals surface area contributed by atoms with Gasteiger partial charge in [-0.3, -0.25) is 14.6 Å². The molecule has 7 nitrogen and oxygen atoms in total. The van der Waals surface area contributed by atoms with E-state index in [0.717, 1.165) is 28.3 Å². The van der Waals surface area contributed by atoms with Gasteiger partial charge in [-0.1, -0.05) is 25.1 Å². The van der Waals surface area contributed by atoms with Crippen LogP contribution in [0.15, 0.2) is 41.4 Å². The molecule has 1 aliphatic rings. The van der Waals surface area contributed by atoms with E-state index in [2.05, 4.69) is 20.6 Å². The minimum absolute atomic E-state index is 0.0147. The van der Waals surface area contributed by atoms with E-state index < -0.39 is 5.41 Å². The van der Waals surface area contributed by atoms with Crippen LogP contribution < -0.4 is 10.6 Å². The van der Waals surface area contributed by atoms with Gasteiger partial charge in [0.1, 0.15) is 6.67 Å². The zero-order chi connectivity index (χ0) is 21.7. The fourth-order valence-corrected chi connectivity index (χ4v) is 3.61. The summed E-state index contributed by atoms with van der Waals surface area (Å²) in [6.07, 6.45) is 4.37. The number of amides is 1. The second-order valence-corrected chi connectivity index (χ2v) is 8.04. The summed E-state index contributed by atoms with van der Waals surface area (Å²) >= 11 is 0. The van der Waals surface area contributed by atoms with Gasteiger partial charge in [-0.2, -0.15) is 0 Å². The Labute approximate surface area is 176 Å². The zero-order valence-corrected chi connectivity index (χ0v) is 17.6. The summed E-state index contributed by atoms with van der Waals surface area (Å²) in [5, 5.41) is 15.8. The number of hydrogen-bond donors (Lipinski definition) is 4. The van der Waals surface area contributed by atoms with E-state index in [1.807, 2.05) is 50.3 Å². The van der Waals surface area contributed by atoms with Crippen LogP contribution in [0.5, 0.6) is 0 Å². The Morgan fingerprint density at radius 3 is 2.67 bits per heavy atom. The number of nitrogens with zero attached hydrogens (tertiary/aromatic N) is 1. The number of rotatable bonds is 7. The molecule has 7 heteroatoms. The number of fused-ring (bicyclic) bond motifs is 1. The van der Waals surface area contributed by atoms with Crippen molar-refractivity contribution in [2.75, 3.05) is 18.6 Å². The van der Waals surface area contributed by atoms with Gasteiger partial charge < -0.3 is 20.7 Å². The van der Waals surface area contributed by atoms with Crippen molar-refractivity contribution in [1.82, 2.24) is 10.3 Å². The van der Waals surface area contributed by atoms with Crippen molar-refractivity contribution in [2.45, 2.75) is 33.6 Å². The number of ketones is 1. The molecule has 1 aliphatic carbocycles. The lowest BCUT2D eigenvalue weighted by Gasteiger charge is -2.30. The number of para-hydroxylation sites is 1. The van der Waals surface area contributed by atoms with E-state index in [0.29, 0.717) is 18.4 Å². The van der Waals surface area contributed by atoms with Gasteiger partial charge in [-0.15, -0.1) is 0 Å². The summed E-state index contributed by atoms with van der Waals surface area (Å²) in [5.41, 5.74) is 4.36. The minimum atomic E-state index is -0.465. The van der Waals surface area contributed by atoms with E-state index in [9.17, 15) is 14.7 Å². The van der Waals surface area contributed by atoms with Gasteiger partial charge in [-0.05, 0) is 37.1 Å². The van der Waals surface area contributed by atoms with Crippen LogP contribution in [0.2, 0.25) is 0 Å². The quantitative estimate of drug-likeness (QED) is 0.526. The summed E-state index contributed by atoms with van der Waals surface area (Å²) in [4.78, 5) is 31.5. The summed E-state index contributed by atoms with van der Waals surface area (Å²) in [6.45, 7) is 5.48. The third kappa shape index (κ3) is 4.86. The number of Topliss-reactive ketones (excluding diaryl/α,β-unsaturated/α-hetero) is 1. The third-order valence-electron chi connectivity index (χ3n) is 5.22. The highest BCUT2D eigenvalue weighted by molar-refractivity contribution is 6.07. The number of hydrogen-bond acceptors (Lipinski definition) is 5. The molecule has 30 heavy (non-hydrogen) atoms. The molecule has 1 unspecified atom stereocenters. The van der Waals surface area contributed by atoms with Gasteiger partial charge in [0.25, 0.3) is 0 Å². The lowest BCUT2D eigenvalue weighted by molar-refractivity contribution is -0.118. The molecular weight excluding hydrogens is 380 g/mol. The minimum Gasteiger partial charge on any atom is -0.396 e. The van der Waals surface area contributed by atoms with Crippen molar-refractivity contribution in [1.29, 1.82) is 0 Å². The second kappa shape index (κ2) is 9.09. The van der Waals surface area contributed by atoms with Gasteiger partial charge in [-0.25, -0.2) is 0 Å². The molecule has 158 valence electrons. The van der Waals surface area contributed by atoms with Crippen LogP contribution in [0, 0.1) is 5.41 Å². The van der Waals surface area contributed by atoms with Crippen molar-refractivity contribution in [3.05, 3.63) is 53.4 Å². The molecule has 0 aliphatic heterocycles. The highest BCUT2D eigenvalue weighted by atomic mass is 16.3. The highest BCUT2D eigenvalue weighted by Crippen LogP contribution is 2.41. The number of carbonyl (C=O) groups is 2. The molecule has 0 bridgehead atoms. The number of aliphatic hydroxyl groups excluding tert-OH is 1. The number of allylic oxidation sites excluding steroid dienone is 2. The number of aliphatic imine (C=N–C) groups is 1. The number of aliphatic hydroxyl groups is 1. The molecule has 1 heterocycles. The maximum absolute atomic E-state index is 13.0. The van der Waals surface area contributed by atoms with Gasteiger partial charge in [0.15, 0.2) is 5.78 Å². The number of aromatic nitrogens is 1. The first-order chi connectivity index (χ1) is 14.3. The van der Waals surface area contributed by atoms with Crippen molar-refractivity contribution in [3.8, 4) is 0 Å². The molecule has 2 aromatic rings. The maximum Gasteiger partial charge on any atom is 0.218 e. The van der Waals surface area contributed by atoms with Gasteiger partial charge in [0.2, 0.25) is 5.91 Å². The molecule has 1 atom stereocenters. The van der Waals surface area contributed by atoms with E-state index >= 15 is 0 Å². The topological polar surface area (TPSA) is 107 Å². The summed E-state index contributed by atoms with van der Waals surface area (Å²) in [5.74, 6) is -0.120. The number of benzene rings is 1. The van der Waals surface area contributed by atoms with Crippen molar-refractivity contribution in [2.24, 2.45) is 10.4 Å². The molecule has 3 rings (SSSR count). The fraction of sp³-hybridized carbons (Fsp3) is 0.348. The Hall–Kier alpha value is -3.19. The summed E-state index contributed by atoms with van der Waals surface area (Å²) in [6, 6.07) is 9.70. The van der Waals surface area contributed by atoms with E-state index in [1.54, 1.807) is 6.21 Å². The molecule has 1 aromatic heterocycles. The Morgan fingerprint density at radius 2 is 2.00 bits per heavy atom. The number of carbonyl (C=O) groups excluding carboxylic acids is 2.